The van der Waals surface area contributed by atoms with Crippen LogP contribution in [0, 0.1) is 17.3 Å². The smallest absolute Gasteiger partial charge is 0.252 e. The molecule has 0 aliphatic carbocycles. The second-order valence-corrected chi connectivity index (χ2v) is 7.15. The summed E-state index contributed by atoms with van der Waals surface area (Å²) >= 11 is 0. The zero-order chi connectivity index (χ0) is 18.5. The Morgan fingerprint density at radius 2 is 1.70 bits per heavy atom. The molecule has 0 saturated heterocycles. The van der Waals surface area contributed by atoms with Crippen molar-refractivity contribution in [2.45, 2.75) is 53.2 Å². The van der Waals surface area contributed by atoms with Gasteiger partial charge in [0.1, 0.15) is 12.1 Å². The van der Waals surface area contributed by atoms with E-state index in [1.165, 1.54) is 7.05 Å². The van der Waals surface area contributed by atoms with Gasteiger partial charge in [0.05, 0.1) is 5.92 Å². The molecule has 5 N–H and O–H groups in total. The Balaban J connectivity index is 5.61. The molecule has 8 heteroatoms. The molecule has 0 aliphatic heterocycles. The minimum Gasteiger partial charge on any atom is -0.382 e. The number of hydroxylamine groups is 2. The first-order valence-corrected chi connectivity index (χ1v) is 7.55. The maximum absolute atomic E-state index is 12.6. The van der Waals surface area contributed by atoms with E-state index in [4.69, 9.17) is 5.73 Å². The number of rotatable bonds is 7. The maximum Gasteiger partial charge on any atom is 0.252 e. The Kier molecular flexibility index (Phi) is 7.66. The van der Waals surface area contributed by atoms with E-state index in [1.54, 1.807) is 34.6 Å². The fraction of sp³-hybridized carbons (Fsp3) is 0.800. The van der Waals surface area contributed by atoms with E-state index in [-0.39, 0.29) is 12.3 Å². The lowest BCUT2D eigenvalue weighted by Gasteiger charge is -2.36. The van der Waals surface area contributed by atoms with Gasteiger partial charge in [0.2, 0.25) is 11.8 Å². The Bertz CT molecular complexity index is 445. The molecule has 8 nitrogen and oxygen atoms in total. The lowest BCUT2D eigenvalue weighted by molar-refractivity contribution is -0.196. The van der Waals surface area contributed by atoms with Crippen LogP contribution in [0.4, 0.5) is 0 Å². The molecular weight excluding hydrogens is 302 g/mol. The van der Waals surface area contributed by atoms with Gasteiger partial charge >= 0.3 is 0 Å². The number of likely N-dealkylation sites (N-methyl/N-ethyl adjacent to an activating group) is 1. The van der Waals surface area contributed by atoms with E-state index in [2.05, 4.69) is 5.32 Å². The summed E-state index contributed by atoms with van der Waals surface area (Å²) in [5.41, 5.74) is 4.32. The van der Waals surface area contributed by atoms with Gasteiger partial charge in [0.25, 0.3) is 5.91 Å². The molecule has 0 spiro atoms. The van der Waals surface area contributed by atoms with Gasteiger partial charge in [0, 0.05) is 7.05 Å². The first-order valence-electron chi connectivity index (χ1n) is 7.55. The van der Waals surface area contributed by atoms with Crippen molar-refractivity contribution in [1.82, 2.24) is 10.4 Å². The molecular formula is C15H29N3O5. The molecule has 3 atom stereocenters. The predicted molar refractivity (Wildman–Crippen MR) is 84.1 cm³/mol. The highest BCUT2D eigenvalue weighted by Crippen LogP contribution is 2.27. The van der Waals surface area contributed by atoms with Crippen LogP contribution in [0.5, 0.6) is 0 Å². The van der Waals surface area contributed by atoms with Crippen molar-refractivity contribution >= 4 is 17.7 Å². The Morgan fingerprint density at radius 3 is 2.00 bits per heavy atom. The van der Waals surface area contributed by atoms with Crippen LogP contribution in [0.1, 0.15) is 41.0 Å². The van der Waals surface area contributed by atoms with Crippen molar-refractivity contribution in [2.24, 2.45) is 23.0 Å². The molecule has 0 aromatic rings. The van der Waals surface area contributed by atoms with Gasteiger partial charge in [-0.3, -0.25) is 19.6 Å². The third kappa shape index (κ3) is 5.80. The van der Waals surface area contributed by atoms with Gasteiger partial charge in [-0.2, -0.15) is 0 Å². The number of aliphatic hydroxyl groups is 1. The minimum absolute atomic E-state index is 0.0283. The number of hydrogen-bond donors (Lipinski definition) is 4. The summed E-state index contributed by atoms with van der Waals surface area (Å²) in [5.74, 6) is -3.75. The Labute approximate surface area is 137 Å². The molecule has 0 rings (SSSR count). The van der Waals surface area contributed by atoms with Crippen molar-refractivity contribution < 1.29 is 24.7 Å². The molecule has 134 valence electrons. The first kappa shape index (κ1) is 21.3. The normalized spacial score (nSPS) is 15.7. The molecule has 0 fully saturated rings. The van der Waals surface area contributed by atoms with Crippen molar-refractivity contribution in [1.29, 1.82) is 0 Å². The molecule has 0 aromatic carbocycles. The Morgan fingerprint density at radius 1 is 1.22 bits per heavy atom. The number of carbonyl (C=O) groups is 3. The van der Waals surface area contributed by atoms with Crippen LogP contribution in [0.2, 0.25) is 0 Å². The molecule has 0 saturated carbocycles. The molecule has 0 aliphatic rings. The standard InChI is InChI=1S/C15H29N3O5/c1-8(2)7-9(10(19)12(16)20)14(22)18(23)11(13(21)17-6)15(3,4)5/h8-11,19,23H,7H2,1-6H3,(H2,16,20)(H,17,21)/t9-,10+,11-/m1/s1. The summed E-state index contributed by atoms with van der Waals surface area (Å²) < 4.78 is 0. The number of nitrogens with two attached hydrogens (primary N) is 1. The van der Waals surface area contributed by atoms with Gasteiger partial charge in [-0.05, 0) is 17.8 Å². The Hall–Kier alpha value is -1.67. The topological polar surface area (TPSA) is 133 Å². The van der Waals surface area contributed by atoms with Crippen LogP contribution in [0.3, 0.4) is 0 Å². The number of nitrogens with one attached hydrogen (secondary N) is 1. The highest BCUT2D eigenvalue weighted by Gasteiger charge is 2.43. The fourth-order valence-corrected chi connectivity index (χ4v) is 2.38. The highest BCUT2D eigenvalue weighted by molar-refractivity contribution is 5.91. The van der Waals surface area contributed by atoms with E-state index in [0.29, 0.717) is 5.06 Å². The van der Waals surface area contributed by atoms with Crippen LogP contribution in [-0.4, -0.2) is 52.3 Å². The number of aliphatic hydroxyl groups excluding tert-OH is 1. The average molecular weight is 331 g/mol. The first-order chi connectivity index (χ1) is 10.3. The van der Waals surface area contributed by atoms with E-state index >= 15 is 0 Å². The monoisotopic (exact) mass is 331 g/mol. The van der Waals surface area contributed by atoms with Crippen molar-refractivity contribution in [3.63, 3.8) is 0 Å². The quantitative estimate of drug-likeness (QED) is 0.381. The molecule has 0 heterocycles. The van der Waals surface area contributed by atoms with Crippen LogP contribution >= 0.6 is 0 Å². The van der Waals surface area contributed by atoms with E-state index < -0.39 is 41.2 Å². The summed E-state index contributed by atoms with van der Waals surface area (Å²) in [4.78, 5) is 35.8. The zero-order valence-electron chi connectivity index (χ0n) is 14.7. The summed E-state index contributed by atoms with van der Waals surface area (Å²) in [6.45, 7) is 8.66. The molecule has 0 radical (unpaired) electrons. The predicted octanol–water partition coefficient (Wildman–Crippen LogP) is -0.127. The van der Waals surface area contributed by atoms with Crippen LogP contribution in [0.25, 0.3) is 0 Å². The number of amides is 3. The van der Waals surface area contributed by atoms with Gasteiger partial charge in [0.15, 0.2) is 0 Å². The SMILES string of the molecule is CNC(=O)[C@@H](N(O)C(=O)[C@H](CC(C)C)[C@H](O)C(N)=O)C(C)(C)C. The second-order valence-electron chi connectivity index (χ2n) is 7.15. The highest BCUT2D eigenvalue weighted by atomic mass is 16.5. The van der Waals surface area contributed by atoms with E-state index in [1.807, 2.05) is 0 Å². The third-order valence-electron chi connectivity index (χ3n) is 3.50. The van der Waals surface area contributed by atoms with Crippen LogP contribution < -0.4 is 11.1 Å². The van der Waals surface area contributed by atoms with Crippen LogP contribution in [0.15, 0.2) is 0 Å². The van der Waals surface area contributed by atoms with Gasteiger partial charge in [-0.25, -0.2) is 5.06 Å². The van der Waals surface area contributed by atoms with Gasteiger partial charge in [-0.15, -0.1) is 0 Å². The minimum atomic E-state index is -1.73. The van der Waals surface area contributed by atoms with Crippen molar-refractivity contribution in [2.75, 3.05) is 7.05 Å². The summed E-state index contributed by atoms with van der Waals surface area (Å²) in [6.07, 6.45) is -1.59. The lowest BCUT2D eigenvalue weighted by atomic mass is 9.84. The summed E-state index contributed by atoms with van der Waals surface area (Å²) in [6, 6.07) is -1.17. The number of nitrogens with zero attached hydrogens (tertiary/aromatic N) is 1. The number of hydrogen-bond acceptors (Lipinski definition) is 5. The second kappa shape index (κ2) is 8.26. The summed E-state index contributed by atoms with van der Waals surface area (Å²) in [5, 5.41) is 22.9. The van der Waals surface area contributed by atoms with Crippen molar-refractivity contribution in [3.05, 3.63) is 0 Å². The maximum atomic E-state index is 12.6. The molecule has 0 unspecified atom stereocenters. The molecule has 0 bridgehead atoms. The molecule has 0 aromatic heterocycles. The zero-order valence-corrected chi connectivity index (χ0v) is 14.7. The van der Waals surface area contributed by atoms with E-state index in [0.717, 1.165) is 0 Å². The lowest BCUT2D eigenvalue weighted by Crippen LogP contribution is -2.57. The van der Waals surface area contributed by atoms with Gasteiger partial charge in [-0.1, -0.05) is 34.6 Å². The molecule has 23 heavy (non-hydrogen) atoms. The van der Waals surface area contributed by atoms with Gasteiger partial charge < -0.3 is 16.2 Å². The van der Waals surface area contributed by atoms with Crippen LogP contribution in [-0.2, 0) is 14.4 Å². The largest absolute Gasteiger partial charge is 0.382 e. The van der Waals surface area contributed by atoms with E-state index in [9.17, 15) is 24.7 Å². The average Bonchev–Trinajstić information content (AvgIpc) is 2.41. The summed E-state index contributed by atoms with van der Waals surface area (Å²) in [7, 11) is 1.39. The third-order valence-corrected chi connectivity index (χ3v) is 3.50. The van der Waals surface area contributed by atoms with Crippen molar-refractivity contribution in [3.8, 4) is 0 Å². The molecule has 3 amide bonds. The number of primary amides is 1. The number of carbonyl (C=O) groups excluding carboxylic acids is 3. The fourth-order valence-electron chi connectivity index (χ4n) is 2.38.